The molecule has 0 fully saturated rings. The van der Waals surface area contributed by atoms with Crippen LogP contribution in [0.3, 0.4) is 0 Å². The van der Waals surface area contributed by atoms with E-state index in [-0.39, 0.29) is 0 Å². The molecule has 0 aliphatic carbocycles. The summed E-state index contributed by atoms with van der Waals surface area (Å²) in [5, 5.41) is 0. The first-order chi connectivity index (χ1) is 3.81. The van der Waals surface area contributed by atoms with Crippen LogP contribution in [0.5, 0.6) is 0 Å². The average molecular weight is 139 g/mol. The first-order valence-electron chi connectivity index (χ1n) is 2.59. The van der Waals surface area contributed by atoms with Gasteiger partial charge in [-0.1, -0.05) is 18.5 Å². The van der Waals surface area contributed by atoms with Crippen molar-refractivity contribution >= 4 is 11.6 Å². The fourth-order valence-corrected chi connectivity index (χ4v) is 0.368. The molecule has 0 aromatic heterocycles. The average Bonchev–Trinajstić information content (AvgIpc) is 1.83. The summed E-state index contributed by atoms with van der Waals surface area (Å²) in [7, 11) is 1.51. The molecule has 0 aliphatic heterocycles. The van der Waals surface area contributed by atoms with E-state index in [0.717, 1.165) is 6.42 Å². The number of alkyl halides is 1. The summed E-state index contributed by atoms with van der Waals surface area (Å²) < 4.78 is 9.48. The zero-order valence-corrected chi connectivity index (χ0v) is 5.94. The number of hydrogen-bond donors (Lipinski definition) is 0. The molecule has 0 aromatic carbocycles. The third kappa shape index (κ3) is 4.37. The summed E-state index contributed by atoms with van der Waals surface area (Å²) in [5.41, 5.74) is 0. The Balaban J connectivity index is 2.86. The lowest BCUT2D eigenvalue weighted by atomic mass is 10.5. The highest BCUT2D eigenvalue weighted by Gasteiger charge is 1.96. The maximum absolute atomic E-state index is 5.40. The second kappa shape index (κ2) is 5.35. The van der Waals surface area contributed by atoms with Crippen LogP contribution in [0, 0.1) is 0 Å². The molecule has 0 rings (SSSR count). The summed E-state index contributed by atoms with van der Waals surface area (Å²) in [5.74, 6) is -0.574. The van der Waals surface area contributed by atoms with Crippen molar-refractivity contribution in [1.29, 1.82) is 0 Å². The van der Waals surface area contributed by atoms with Crippen LogP contribution in [0.4, 0.5) is 0 Å². The van der Waals surface area contributed by atoms with Gasteiger partial charge in [0, 0.05) is 7.11 Å². The van der Waals surface area contributed by atoms with E-state index < -0.39 is 5.75 Å². The SMILES string of the molecule is CCCOC(Cl)OC. The topological polar surface area (TPSA) is 18.5 Å². The lowest BCUT2D eigenvalue weighted by Crippen LogP contribution is -2.07. The van der Waals surface area contributed by atoms with Crippen LogP contribution in [-0.2, 0) is 9.47 Å². The molecule has 0 saturated carbocycles. The second-order valence-corrected chi connectivity index (χ2v) is 1.74. The highest BCUT2D eigenvalue weighted by atomic mass is 35.5. The third-order valence-corrected chi connectivity index (χ3v) is 0.942. The fourth-order valence-electron chi connectivity index (χ4n) is 0.279. The Hall–Kier alpha value is 0.210. The highest BCUT2D eigenvalue weighted by Crippen LogP contribution is 1.97. The van der Waals surface area contributed by atoms with E-state index in [1.165, 1.54) is 7.11 Å². The fraction of sp³-hybridized carbons (Fsp3) is 1.00. The molecule has 0 bridgehead atoms. The summed E-state index contributed by atoms with van der Waals surface area (Å²) in [6, 6.07) is 0. The van der Waals surface area contributed by atoms with Crippen LogP contribution in [0.2, 0.25) is 0 Å². The van der Waals surface area contributed by atoms with Crippen LogP contribution in [0.25, 0.3) is 0 Å². The van der Waals surface area contributed by atoms with E-state index in [9.17, 15) is 0 Å². The Morgan fingerprint density at radius 1 is 1.62 bits per heavy atom. The van der Waals surface area contributed by atoms with Crippen molar-refractivity contribution in [3.63, 3.8) is 0 Å². The molecule has 8 heavy (non-hydrogen) atoms. The second-order valence-electron chi connectivity index (χ2n) is 1.38. The first kappa shape index (κ1) is 8.21. The van der Waals surface area contributed by atoms with E-state index >= 15 is 0 Å². The molecule has 0 aromatic rings. The van der Waals surface area contributed by atoms with Gasteiger partial charge in [0.1, 0.15) is 0 Å². The van der Waals surface area contributed by atoms with Gasteiger partial charge in [-0.2, -0.15) is 0 Å². The Kier molecular flexibility index (Phi) is 5.49. The zero-order chi connectivity index (χ0) is 6.41. The van der Waals surface area contributed by atoms with Crippen molar-refractivity contribution in [2.75, 3.05) is 13.7 Å². The zero-order valence-electron chi connectivity index (χ0n) is 5.19. The molecule has 0 radical (unpaired) electrons. The van der Waals surface area contributed by atoms with Gasteiger partial charge in [-0.25, -0.2) is 0 Å². The minimum Gasteiger partial charge on any atom is -0.343 e. The molecule has 2 nitrogen and oxygen atoms in total. The van der Waals surface area contributed by atoms with Crippen molar-refractivity contribution in [2.45, 2.75) is 19.1 Å². The summed E-state index contributed by atoms with van der Waals surface area (Å²) in [6.07, 6.45) is 0.965. The lowest BCUT2D eigenvalue weighted by Gasteiger charge is -2.05. The number of methoxy groups -OCH3 is 1. The Morgan fingerprint density at radius 3 is 2.62 bits per heavy atom. The minimum absolute atomic E-state index is 0.574. The summed E-state index contributed by atoms with van der Waals surface area (Å²) in [6.45, 7) is 2.67. The number of rotatable bonds is 4. The van der Waals surface area contributed by atoms with Gasteiger partial charge >= 0.3 is 0 Å². The van der Waals surface area contributed by atoms with Crippen molar-refractivity contribution in [3.05, 3.63) is 0 Å². The number of halogens is 1. The van der Waals surface area contributed by atoms with Crippen LogP contribution in [0.15, 0.2) is 0 Å². The highest BCUT2D eigenvalue weighted by molar-refractivity contribution is 6.18. The van der Waals surface area contributed by atoms with Gasteiger partial charge in [-0.15, -0.1) is 0 Å². The van der Waals surface area contributed by atoms with Crippen LogP contribution >= 0.6 is 11.6 Å². The normalized spacial score (nSPS) is 13.9. The Bertz CT molecular complexity index is 49.7. The van der Waals surface area contributed by atoms with Gasteiger partial charge in [-0.3, -0.25) is 0 Å². The molecule has 0 amide bonds. The van der Waals surface area contributed by atoms with Crippen molar-refractivity contribution in [3.8, 4) is 0 Å². The molecule has 1 atom stereocenters. The molecule has 0 saturated heterocycles. The van der Waals surface area contributed by atoms with E-state index in [0.29, 0.717) is 6.61 Å². The number of ether oxygens (including phenoxy) is 2. The van der Waals surface area contributed by atoms with Crippen LogP contribution < -0.4 is 0 Å². The monoisotopic (exact) mass is 138 g/mol. The van der Waals surface area contributed by atoms with Gasteiger partial charge in [0.15, 0.2) is 0 Å². The first-order valence-corrected chi connectivity index (χ1v) is 3.03. The smallest absolute Gasteiger partial charge is 0.236 e. The molecular formula is C5H11ClO2. The molecule has 0 heterocycles. The molecule has 0 aliphatic rings. The van der Waals surface area contributed by atoms with Crippen molar-refractivity contribution in [2.24, 2.45) is 0 Å². The molecule has 1 unspecified atom stereocenters. The van der Waals surface area contributed by atoms with Gasteiger partial charge in [-0.05, 0) is 6.42 Å². The summed E-state index contributed by atoms with van der Waals surface area (Å²) >= 11 is 5.40. The molecular weight excluding hydrogens is 128 g/mol. The van der Waals surface area contributed by atoms with Gasteiger partial charge in [0.05, 0.1) is 6.61 Å². The summed E-state index contributed by atoms with van der Waals surface area (Å²) in [4.78, 5) is 0. The van der Waals surface area contributed by atoms with E-state index in [4.69, 9.17) is 16.3 Å². The van der Waals surface area contributed by atoms with Crippen molar-refractivity contribution < 1.29 is 9.47 Å². The van der Waals surface area contributed by atoms with Gasteiger partial charge in [0.25, 0.3) is 0 Å². The maximum atomic E-state index is 5.40. The van der Waals surface area contributed by atoms with E-state index in [1.54, 1.807) is 0 Å². The van der Waals surface area contributed by atoms with Crippen LogP contribution in [-0.4, -0.2) is 19.5 Å². The minimum atomic E-state index is -0.574. The Labute approximate surface area is 54.7 Å². The van der Waals surface area contributed by atoms with E-state index in [1.807, 2.05) is 6.92 Å². The molecule has 0 N–H and O–H groups in total. The van der Waals surface area contributed by atoms with Gasteiger partial charge in [0.2, 0.25) is 5.75 Å². The standard InChI is InChI=1S/C5H11ClO2/c1-3-4-8-5(6)7-2/h5H,3-4H2,1-2H3. The molecule has 3 heteroatoms. The predicted octanol–water partition coefficient (Wildman–Crippen LogP) is 1.58. The quantitative estimate of drug-likeness (QED) is 0.434. The Morgan fingerprint density at radius 2 is 2.25 bits per heavy atom. The maximum Gasteiger partial charge on any atom is 0.236 e. The predicted molar refractivity (Wildman–Crippen MR) is 32.9 cm³/mol. The van der Waals surface area contributed by atoms with Crippen LogP contribution in [0.1, 0.15) is 13.3 Å². The number of hydrogen-bond acceptors (Lipinski definition) is 2. The van der Waals surface area contributed by atoms with Gasteiger partial charge < -0.3 is 9.47 Å². The van der Waals surface area contributed by atoms with Crippen molar-refractivity contribution in [1.82, 2.24) is 0 Å². The largest absolute Gasteiger partial charge is 0.343 e. The molecule has 0 spiro atoms. The molecule has 50 valence electrons. The third-order valence-electron chi connectivity index (χ3n) is 0.638. The lowest BCUT2D eigenvalue weighted by molar-refractivity contribution is -0.0657. The van der Waals surface area contributed by atoms with E-state index in [2.05, 4.69) is 4.74 Å².